The first-order valence-corrected chi connectivity index (χ1v) is 11.4. The molecule has 1 aliphatic carbocycles. The minimum atomic E-state index is -4.49. The second kappa shape index (κ2) is 9.25. The van der Waals surface area contributed by atoms with Crippen LogP contribution in [0.3, 0.4) is 0 Å². The van der Waals surface area contributed by atoms with Crippen LogP contribution in [0, 0.1) is 0 Å². The van der Waals surface area contributed by atoms with Gasteiger partial charge in [-0.25, -0.2) is 9.97 Å². The predicted molar refractivity (Wildman–Crippen MR) is 119 cm³/mol. The van der Waals surface area contributed by atoms with Gasteiger partial charge in [0.05, 0.1) is 11.2 Å². The topological polar surface area (TPSA) is 68.0 Å². The zero-order valence-electron chi connectivity index (χ0n) is 18.6. The average Bonchev–Trinajstić information content (AvgIpc) is 3.07. The van der Waals surface area contributed by atoms with E-state index in [1.54, 1.807) is 19.1 Å². The van der Waals surface area contributed by atoms with Crippen LogP contribution in [0.2, 0.25) is 0 Å². The van der Waals surface area contributed by atoms with Crippen molar-refractivity contribution in [2.75, 3.05) is 0 Å². The third kappa shape index (κ3) is 5.11. The number of aromatic nitrogens is 3. The van der Waals surface area contributed by atoms with Crippen molar-refractivity contribution in [1.82, 2.24) is 14.5 Å². The zero-order valence-corrected chi connectivity index (χ0v) is 18.6. The van der Waals surface area contributed by atoms with Gasteiger partial charge in [0.15, 0.2) is 5.65 Å². The summed E-state index contributed by atoms with van der Waals surface area (Å²) in [6.07, 6.45) is 1.57. The van der Waals surface area contributed by atoms with Gasteiger partial charge in [-0.1, -0.05) is 30.3 Å². The summed E-state index contributed by atoms with van der Waals surface area (Å²) in [5.41, 5.74) is -1.09. The first kappa shape index (κ1) is 23.4. The molecule has 3 aromatic rings. The zero-order chi connectivity index (χ0) is 23.6. The minimum Gasteiger partial charge on any atom is -0.385 e. The molecule has 0 saturated heterocycles. The van der Waals surface area contributed by atoms with Crippen molar-refractivity contribution in [3.63, 3.8) is 0 Å². The van der Waals surface area contributed by atoms with E-state index >= 15 is 0 Å². The Morgan fingerprint density at radius 1 is 1.15 bits per heavy atom. The average molecular weight is 460 g/mol. The quantitative estimate of drug-likeness (QED) is 0.414. The van der Waals surface area contributed by atoms with Crippen LogP contribution in [0.1, 0.15) is 74.9 Å². The molecule has 2 heterocycles. The molecule has 0 radical (unpaired) electrons. The number of aryl methyl sites for hydroxylation is 1. The molecule has 1 unspecified atom stereocenters. The van der Waals surface area contributed by atoms with Crippen molar-refractivity contribution in [3.8, 4) is 0 Å². The second-order valence-electron chi connectivity index (χ2n) is 9.07. The van der Waals surface area contributed by atoms with Crippen LogP contribution in [0.25, 0.3) is 11.2 Å². The number of rotatable bonds is 9. The third-order valence-electron chi connectivity index (χ3n) is 6.44. The highest BCUT2D eigenvalue weighted by Crippen LogP contribution is 2.39. The number of fused-ring (bicyclic) bond motifs is 1. The molecule has 1 saturated carbocycles. The van der Waals surface area contributed by atoms with Crippen LogP contribution in [0.5, 0.6) is 0 Å². The number of halogens is 3. The van der Waals surface area contributed by atoms with E-state index < -0.39 is 17.3 Å². The summed E-state index contributed by atoms with van der Waals surface area (Å²) < 4.78 is 42.3. The molecule has 176 valence electrons. The monoisotopic (exact) mass is 459 g/mol. The number of imidazole rings is 1. The molecule has 2 aromatic heterocycles. The fourth-order valence-electron chi connectivity index (χ4n) is 4.45. The molecule has 1 aromatic carbocycles. The number of carbonyl (C=O) groups excluding carboxylic acids is 1. The lowest BCUT2D eigenvalue weighted by Gasteiger charge is -2.28. The predicted octanol–water partition coefficient (Wildman–Crippen LogP) is 5.75. The number of unbranched alkanes of at least 4 members (excludes halogenated alkanes) is 1. The number of aliphatic hydroxyl groups is 1. The number of carbonyl (C=O) groups is 1. The van der Waals surface area contributed by atoms with Gasteiger partial charge in [0, 0.05) is 31.5 Å². The largest absolute Gasteiger partial charge is 0.418 e. The van der Waals surface area contributed by atoms with Crippen molar-refractivity contribution >= 4 is 16.9 Å². The maximum absolute atomic E-state index is 13.5. The van der Waals surface area contributed by atoms with Crippen LogP contribution in [0.15, 0.2) is 42.6 Å². The highest BCUT2D eigenvalue weighted by atomic mass is 19.4. The van der Waals surface area contributed by atoms with Crippen LogP contribution in [-0.4, -0.2) is 25.4 Å². The van der Waals surface area contributed by atoms with E-state index in [1.165, 1.54) is 6.20 Å². The summed E-state index contributed by atoms with van der Waals surface area (Å²) >= 11 is 0. The fourth-order valence-corrected chi connectivity index (χ4v) is 4.45. The lowest BCUT2D eigenvalue weighted by molar-refractivity contribution is -0.136. The molecule has 5 nitrogen and oxygen atoms in total. The second-order valence-corrected chi connectivity index (χ2v) is 9.07. The lowest BCUT2D eigenvalue weighted by atomic mass is 9.89. The SMILES string of the molecule is CC(O)(CC(=O)CCCCc1nc2c(C(F)(F)F)ccnc2n1C1CCC1)c1ccccc1. The van der Waals surface area contributed by atoms with E-state index in [4.69, 9.17) is 0 Å². The van der Waals surface area contributed by atoms with Crippen molar-refractivity contribution < 1.29 is 23.1 Å². The van der Waals surface area contributed by atoms with Gasteiger partial charge in [-0.05, 0) is 50.7 Å². The summed E-state index contributed by atoms with van der Waals surface area (Å²) in [5.74, 6) is 0.556. The Kier molecular flexibility index (Phi) is 6.56. The highest BCUT2D eigenvalue weighted by Gasteiger charge is 2.36. The molecular weight excluding hydrogens is 431 g/mol. The van der Waals surface area contributed by atoms with E-state index in [0.717, 1.165) is 25.3 Å². The van der Waals surface area contributed by atoms with Crippen LogP contribution in [-0.2, 0) is 23.0 Å². The number of nitrogens with zero attached hydrogens (tertiary/aromatic N) is 3. The van der Waals surface area contributed by atoms with Gasteiger partial charge in [-0.3, -0.25) is 4.79 Å². The lowest BCUT2D eigenvalue weighted by Crippen LogP contribution is -2.25. The van der Waals surface area contributed by atoms with Gasteiger partial charge in [0.1, 0.15) is 17.1 Å². The molecule has 33 heavy (non-hydrogen) atoms. The molecule has 1 aliphatic rings. The van der Waals surface area contributed by atoms with Crippen LogP contribution in [0.4, 0.5) is 13.2 Å². The minimum absolute atomic E-state index is 0.0243. The number of alkyl halides is 3. The molecule has 0 amide bonds. The third-order valence-corrected chi connectivity index (χ3v) is 6.44. The van der Waals surface area contributed by atoms with E-state index in [-0.39, 0.29) is 23.8 Å². The normalized spacial score (nSPS) is 16.5. The summed E-state index contributed by atoms with van der Waals surface area (Å²) in [4.78, 5) is 21.0. The van der Waals surface area contributed by atoms with E-state index in [9.17, 15) is 23.1 Å². The molecule has 8 heteroatoms. The Hall–Kier alpha value is -2.74. The summed E-state index contributed by atoms with van der Waals surface area (Å²) in [6, 6.07) is 10.2. The van der Waals surface area contributed by atoms with Gasteiger partial charge in [-0.2, -0.15) is 13.2 Å². The van der Waals surface area contributed by atoms with Crippen molar-refractivity contribution in [2.45, 2.75) is 76.1 Å². The van der Waals surface area contributed by atoms with E-state index in [2.05, 4.69) is 9.97 Å². The number of ketones is 1. The van der Waals surface area contributed by atoms with Gasteiger partial charge in [0.2, 0.25) is 0 Å². The summed E-state index contributed by atoms with van der Waals surface area (Å²) in [7, 11) is 0. The summed E-state index contributed by atoms with van der Waals surface area (Å²) in [5, 5.41) is 10.7. The van der Waals surface area contributed by atoms with Gasteiger partial charge >= 0.3 is 6.18 Å². The van der Waals surface area contributed by atoms with Gasteiger partial charge < -0.3 is 9.67 Å². The van der Waals surface area contributed by atoms with Crippen molar-refractivity contribution in [3.05, 3.63) is 59.5 Å². The smallest absolute Gasteiger partial charge is 0.385 e. The standard InChI is InChI=1S/C25H28F3N3O2/c1-24(33,17-8-3-2-4-9-17)16-19(32)12-5-6-13-21-30-22-20(25(26,27)28)14-15-29-23(22)31(21)18-10-7-11-18/h2-4,8-9,14-15,18,33H,5-7,10-13,16H2,1H3. The van der Waals surface area contributed by atoms with E-state index in [1.807, 2.05) is 22.8 Å². The van der Waals surface area contributed by atoms with Crippen LogP contribution >= 0.6 is 0 Å². The molecule has 0 spiro atoms. The molecular formula is C25H28F3N3O2. The van der Waals surface area contributed by atoms with Crippen molar-refractivity contribution in [2.24, 2.45) is 0 Å². The number of hydrogen-bond acceptors (Lipinski definition) is 4. The molecule has 1 atom stereocenters. The maximum Gasteiger partial charge on any atom is 0.418 e. The fraction of sp³-hybridized carbons (Fsp3) is 0.480. The van der Waals surface area contributed by atoms with Gasteiger partial charge in [-0.15, -0.1) is 0 Å². The Bertz CT molecular complexity index is 1120. The Balaban J connectivity index is 1.42. The number of benzene rings is 1. The summed E-state index contributed by atoms with van der Waals surface area (Å²) in [6.45, 7) is 1.63. The Morgan fingerprint density at radius 3 is 2.52 bits per heavy atom. The molecule has 0 bridgehead atoms. The first-order valence-electron chi connectivity index (χ1n) is 11.4. The molecule has 0 aliphatic heterocycles. The van der Waals surface area contributed by atoms with Crippen molar-refractivity contribution in [1.29, 1.82) is 0 Å². The molecule has 4 rings (SSSR count). The Morgan fingerprint density at radius 2 is 1.88 bits per heavy atom. The van der Waals surface area contributed by atoms with Gasteiger partial charge in [0.25, 0.3) is 0 Å². The maximum atomic E-state index is 13.5. The number of Topliss-reactive ketones (excluding diaryl/α,β-unsaturated/α-hetero) is 1. The van der Waals surface area contributed by atoms with E-state index in [0.29, 0.717) is 42.7 Å². The number of hydrogen-bond donors (Lipinski definition) is 1. The molecule has 1 N–H and O–H groups in total. The van der Waals surface area contributed by atoms with Crippen LogP contribution < -0.4 is 0 Å². The Labute approximate surface area is 190 Å². The number of pyridine rings is 1. The first-order chi connectivity index (χ1) is 15.7. The highest BCUT2D eigenvalue weighted by molar-refractivity contribution is 5.79. The molecule has 1 fully saturated rings.